The number of hydrogen-bond acceptors (Lipinski definition) is 5. The number of amides is 1. The van der Waals surface area contributed by atoms with Gasteiger partial charge in [0.1, 0.15) is 5.60 Å². The Balaban J connectivity index is 2.11. The molecule has 3 unspecified atom stereocenters. The molecule has 128 valence electrons. The van der Waals surface area contributed by atoms with Crippen LogP contribution in [0.3, 0.4) is 0 Å². The molecule has 22 heavy (non-hydrogen) atoms. The predicted octanol–water partition coefficient (Wildman–Crippen LogP) is 1.85. The highest BCUT2D eigenvalue weighted by molar-refractivity contribution is 5.67. The van der Waals surface area contributed by atoms with Crippen LogP contribution in [-0.2, 0) is 14.2 Å². The van der Waals surface area contributed by atoms with Crippen molar-refractivity contribution in [3.8, 4) is 0 Å². The summed E-state index contributed by atoms with van der Waals surface area (Å²) in [5, 5.41) is 6.08. The highest BCUT2D eigenvalue weighted by Crippen LogP contribution is 2.26. The summed E-state index contributed by atoms with van der Waals surface area (Å²) < 4.78 is 16.2. The van der Waals surface area contributed by atoms with Crippen LogP contribution >= 0.6 is 0 Å². The van der Waals surface area contributed by atoms with E-state index in [1.165, 1.54) is 0 Å². The van der Waals surface area contributed by atoms with Gasteiger partial charge < -0.3 is 24.8 Å². The molecule has 1 rings (SSSR count). The molecule has 1 fully saturated rings. The van der Waals surface area contributed by atoms with Crippen molar-refractivity contribution in [1.82, 2.24) is 10.6 Å². The van der Waals surface area contributed by atoms with Gasteiger partial charge >= 0.3 is 6.09 Å². The molecule has 0 heterocycles. The van der Waals surface area contributed by atoms with E-state index in [1.54, 1.807) is 7.11 Å². The largest absolute Gasteiger partial charge is 0.444 e. The molecule has 0 spiro atoms. The lowest BCUT2D eigenvalue weighted by Gasteiger charge is -2.43. The predicted molar refractivity (Wildman–Crippen MR) is 86.0 cm³/mol. The average Bonchev–Trinajstić information content (AvgIpc) is 2.38. The molecule has 1 aliphatic rings. The smallest absolute Gasteiger partial charge is 0.407 e. The molecule has 0 aromatic heterocycles. The van der Waals surface area contributed by atoms with Gasteiger partial charge in [-0.25, -0.2) is 4.79 Å². The quantitative estimate of drug-likeness (QED) is 0.669. The molecule has 0 radical (unpaired) electrons. The van der Waals surface area contributed by atoms with E-state index in [9.17, 15) is 4.79 Å². The minimum atomic E-state index is -0.466. The van der Waals surface area contributed by atoms with E-state index in [1.807, 2.05) is 39.8 Å². The molecule has 0 saturated heterocycles. The second kappa shape index (κ2) is 9.12. The zero-order valence-electron chi connectivity index (χ0n) is 14.3. The van der Waals surface area contributed by atoms with Crippen LogP contribution in [0, 0.1) is 0 Å². The first-order valence-corrected chi connectivity index (χ1v) is 7.87. The summed E-state index contributed by atoms with van der Waals surface area (Å²) in [6, 6.07) is 0.324. The van der Waals surface area contributed by atoms with Crippen molar-refractivity contribution in [2.24, 2.45) is 0 Å². The Kier molecular flexibility index (Phi) is 7.85. The molecule has 0 aromatic carbocycles. The first kappa shape index (κ1) is 18.9. The third kappa shape index (κ3) is 6.77. The minimum absolute atomic E-state index is 0.119. The van der Waals surface area contributed by atoms with Gasteiger partial charge in [0, 0.05) is 32.8 Å². The number of ether oxygens (including phenoxy) is 3. The lowest BCUT2D eigenvalue weighted by atomic mass is 9.85. The van der Waals surface area contributed by atoms with Crippen molar-refractivity contribution < 1.29 is 19.0 Å². The van der Waals surface area contributed by atoms with Crippen molar-refractivity contribution in [3.63, 3.8) is 0 Å². The van der Waals surface area contributed by atoms with E-state index in [2.05, 4.69) is 10.6 Å². The maximum Gasteiger partial charge on any atom is 0.407 e. The summed E-state index contributed by atoms with van der Waals surface area (Å²) in [6.07, 6.45) is 4.77. The highest BCUT2D eigenvalue weighted by atomic mass is 16.6. The van der Waals surface area contributed by atoms with Crippen LogP contribution < -0.4 is 10.6 Å². The average molecular weight is 314 g/mol. The lowest BCUT2D eigenvalue weighted by Crippen LogP contribution is -2.59. The summed E-state index contributed by atoms with van der Waals surface area (Å²) in [5.74, 6) is 0. The monoisotopic (exact) mass is 314 g/mol. The van der Waals surface area contributed by atoms with Gasteiger partial charge in [-0.1, -0.05) is 12.2 Å². The van der Waals surface area contributed by atoms with Crippen LogP contribution in [-0.4, -0.2) is 56.8 Å². The fourth-order valence-electron chi connectivity index (χ4n) is 2.32. The van der Waals surface area contributed by atoms with E-state index in [0.29, 0.717) is 19.2 Å². The van der Waals surface area contributed by atoms with E-state index in [-0.39, 0.29) is 12.2 Å². The van der Waals surface area contributed by atoms with Gasteiger partial charge in [0.15, 0.2) is 0 Å². The van der Waals surface area contributed by atoms with Crippen molar-refractivity contribution in [3.05, 3.63) is 12.2 Å². The van der Waals surface area contributed by atoms with Gasteiger partial charge in [-0.05, 0) is 34.1 Å². The van der Waals surface area contributed by atoms with Crippen LogP contribution in [0.5, 0.6) is 0 Å². The Morgan fingerprint density at radius 1 is 1.27 bits per heavy atom. The van der Waals surface area contributed by atoms with Crippen LogP contribution in [0.2, 0.25) is 0 Å². The molecule has 3 atom stereocenters. The fourth-order valence-corrected chi connectivity index (χ4v) is 2.32. The van der Waals surface area contributed by atoms with Crippen molar-refractivity contribution in [2.75, 3.05) is 26.8 Å². The van der Waals surface area contributed by atoms with E-state index < -0.39 is 11.7 Å². The molecular weight excluding hydrogens is 284 g/mol. The normalized spacial score (nSPS) is 25.0. The van der Waals surface area contributed by atoms with Crippen LogP contribution in [0.25, 0.3) is 0 Å². The molecular formula is C16H30N2O4. The summed E-state index contributed by atoms with van der Waals surface area (Å²) in [6.45, 7) is 9.42. The zero-order valence-corrected chi connectivity index (χ0v) is 14.3. The summed E-state index contributed by atoms with van der Waals surface area (Å²) in [4.78, 5) is 11.4. The lowest BCUT2D eigenvalue weighted by molar-refractivity contribution is -0.130. The summed E-state index contributed by atoms with van der Waals surface area (Å²) in [5.41, 5.74) is -0.466. The number of methoxy groups -OCH3 is 1. The number of hydrogen-bond donors (Lipinski definition) is 2. The molecule has 1 saturated carbocycles. The zero-order chi connectivity index (χ0) is 16.6. The Bertz CT molecular complexity index is 366. The second-order valence-electron chi connectivity index (χ2n) is 6.30. The molecule has 2 N–H and O–H groups in total. The van der Waals surface area contributed by atoms with E-state index >= 15 is 0 Å². The van der Waals surface area contributed by atoms with Gasteiger partial charge in [0.05, 0.1) is 12.2 Å². The van der Waals surface area contributed by atoms with Crippen LogP contribution in [0.4, 0.5) is 4.79 Å². The summed E-state index contributed by atoms with van der Waals surface area (Å²) >= 11 is 0. The number of alkyl carbamates (subject to hydrolysis) is 1. The highest BCUT2D eigenvalue weighted by Gasteiger charge is 2.41. The molecule has 1 aliphatic carbocycles. The number of carbonyl (C=O) groups excluding carboxylic acids is 1. The Morgan fingerprint density at radius 2 is 1.95 bits per heavy atom. The molecule has 0 aromatic rings. The van der Waals surface area contributed by atoms with Gasteiger partial charge in [-0.15, -0.1) is 0 Å². The van der Waals surface area contributed by atoms with Crippen LogP contribution in [0.1, 0.15) is 34.1 Å². The van der Waals surface area contributed by atoms with E-state index in [0.717, 1.165) is 13.0 Å². The Labute approximate surface area is 133 Å². The SMILES string of the molecule is CCOC1CC(NC/C=C/CNC(=O)OC(C)(C)C)C1OC. The van der Waals surface area contributed by atoms with Gasteiger partial charge in [0.2, 0.25) is 0 Å². The second-order valence-corrected chi connectivity index (χ2v) is 6.30. The first-order valence-electron chi connectivity index (χ1n) is 7.87. The molecule has 6 nitrogen and oxygen atoms in total. The van der Waals surface area contributed by atoms with Crippen molar-refractivity contribution >= 4 is 6.09 Å². The summed E-state index contributed by atoms with van der Waals surface area (Å²) in [7, 11) is 1.71. The standard InChI is InChI=1S/C16H30N2O4/c1-6-21-13-11-12(14(13)20-5)17-9-7-8-10-18-15(19)22-16(2,3)4/h7-8,12-14,17H,6,9-11H2,1-5H3,(H,18,19)/b8-7+. The molecule has 0 bridgehead atoms. The number of rotatable bonds is 8. The van der Waals surface area contributed by atoms with Gasteiger partial charge in [-0.3, -0.25) is 0 Å². The Morgan fingerprint density at radius 3 is 2.55 bits per heavy atom. The minimum Gasteiger partial charge on any atom is -0.444 e. The first-order chi connectivity index (χ1) is 10.4. The topological polar surface area (TPSA) is 68.8 Å². The van der Waals surface area contributed by atoms with E-state index in [4.69, 9.17) is 14.2 Å². The maximum atomic E-state index is 11.4. The molecule has 6 heteroatoms. The van der Waals surface area contributed by atoms with Gasteiger partial charge in [0.25, 0.3) is 0 Å². The van der Waals surface area contributed by atoms with Crippen molar-refractivity contribution in [2.45, 2.75) is 58.0 Å². The number of carbonyl (C=O) groups is 1. The molecule has 0 aliphatic heterocycles. The van der Waals surface area contributed by atoms with Crippen molar-refractivity contribution in [1.29, 1.82) is 0 Å². The molecule has 1 amide bonds. The third-order valence-electron chi connectivity index (χ3n) is 3.33. The van der Waals surface area contributed by atoms with Crippen LogP contribution in [0.15, 0.2) is 12.2 Å². The number of nitrogens with one attached hydrogen (secondary N) is 2. The maximum absolute atomic E-state index is 11.4. The third-order valence-corrected chi connectivity index (χ3v) is 3.33. The van der Waals surface area contributed by atoms with Gasteiger partial charge in [-0.2, -0.15) is 0 Å². The Hall–Kier alpha value is -1.11. The fraction of sp³-hybridized carbons (Fsp3) is 0.812.